The van der Waals surface area contributed by atoms with Gasteiger partial charge in [0.05, 0.1) is 17.6 Å². The molecule has 0 bridgehead atoms. The normalized spacial score (nSPS) is 16.4. The summed E-state index contributed by atoms with van der Waals surface area (Å²) in [5.41, 5.74) is 0.235. The van der Waals surface area contributed by atoms with Gasteiger partial charge in [-0.25, -0.2) is 4.39 Å². The fourth-order valence-electron chi connectivity index (χ4n) is 1.81. The highest BCUT2D eigenvalue weighted by Crippen LogP contribution is 2.45. The van der Waals surface area contributed by atoms with Gasteiger partial charge < -0.3 is 10.4 Å². The molecule has 0 aliphatic heterocycles. The van der Waals surface area contributed by atoms with E-state index >= 15 is 0 Å². The van der Waals surface area contributed by atoms with Crippen LogP contribution in [0.1, 0.15) is 18.4 Å². The number of nitro benzene ring substituents is 1. The number of rotatable bonds is 5. The smallest absolute Gasteiger partial charge is 0.295 e. The van der Waals surface area contributed by atoms with E-state index in [1.165, 1.54) is 6.07 Å². The second-order valence-corrected chi connectivity index (χ2v) is 4.89. The van der Waals surface area contributed by atoms with Gasteiger partial charge in [-0.15, -0.1) is 0 Å². The number of benzene rings is 1. The van der Waals surface area contributed by atoms with E-state index in [1.807, 2.05) is 0 Å². The number of anilines is 1. The summed E-state index contributed by atoms with van der Waals surface area (Å²) >= 11 is 0. The van der Waals surface area contributed by atoms with Gasteiger partial charge in [0.25, 0.3) is 5.69 Å². The van der Waals surface area contributed by atoms with E-state index in [1.54, 1.807) is 6.92 Å². The van der Waals surface area contributed by atoms with E-state index in [0.717, 1.165) is 18.9 Å². The average molecular weight is 254 g/mol. The molecule has 98 valence electrons. The molecule has 1 saturated carbocycles. The summed E-state index contributed by atoms with van der Waals surface area (Å²) in [6.45, 7) is 2.09. The number of nitrogens with zero attached hydrogens (tertiary/aromatic N) is 1. The second kappa shape index (κ2) is 4.53. The topological polar surface area (TPSA) is 75.4 Å². The van der Waals surface area contributed by atoms with Crippen molar-refractivity contribution in [1.82, 2.24) is 0 Å². The minimum absolute atomic E-state index is 0.0635. The van der Waals surface area contributed by atoms with Crippen LogP contribution in [0.3, 0.4) is 0 Å². The van der Waals surface area contributed by atoms with Gasteiger partial charge in [0.2, 0.25) is 0 Å². The van der Waals surface area contributed by atoms with E-state index in [9.17, 15) is 19.6 Å². The fraction of sp³-hybridized carbons (Fsp3) is 0.500. The number of aliphatic hydroxyl groups excluding tert-OH is 1. The lowest BCUT2D eigenvalue weighted by atomic mass is 10.1. The summed E-state index contributed by atoms with van der Waals surface area (Å²) in [6, 6.07) is 2.36. The Labute approximate surface area is 104 Å². The predicted molar refractivity (Wildman–Crippen MR) is 65.0 cm³/mol. The van der Waals surface area contributed by atoms with Crippen molar-refractivity contribution in [3.63, 3.8) is 0 Å². The van der Waals surface area contributed by atoms with Crippen LogP contribution in [0.25, 0.3) is 0 Å². The maximum Gasteiger partial charge on any atom is 0.295 e. The number of nitrogens with one attached hydrogen (secondary N) is 1. The molecule has 0 radical (unpaired) electrons. The molecule has 1 aliphatic rings. The summed E-state index contributed by atoms with van der Waals surface area (Å²) in [7, 11) is 0. The second-order valence-electron chi connectivity index (χ2n) is 4.89. The lowest BCUT2D eigenvalue weighted by molar-refractivity contribution is -0.384. The van der Waals surface area contributed by atoms with Crippen molar-refractivity contribution >= 4 is 11.4 Å². The Morgan fingerprint density at radius 1 is 1.56 bits per heavy atom. The maximum atomic E-state index is 13.3. The molecule has 0 heterocycles. The van der Waals surface area contributed by atoms with Crippen LogP contribution < -0.4 is 5.32 Å². The lowest BCUT2D eigenvalue weighted by Gasteiger charge is -2.14. The molecule has 0 saturated heterocycles. The molecule has 0 unspecified atom stereocenters. The predicted octanol–water partition coefficient (Wildman–Crippen LogP) is 2.23. The zero-order chi connectivity index (χ0) is 13.3. The van der Waals surface area contributed by atoms with Gasteiger partial charge in [0.1, 0.15) is 11.5 Å². The van der Waals surface area contributed by atoms with Crippen molar-refractivity contribution in [1.29, 1.82) is 0 Å². The first-order valence-electron chi connectivity index (χ1n) is 5.77. The first-order chi connectivity index (χ1) is 8.47. The maximum absolute atomic E-state index is 13.3. The van der Waals surface area contributed by atoms with Crippen LogP contribution in [-0.2, 0) is 0 Å². The zero-order valence-corrected chi connectivity index (χ0v) is 10.1. The van der Waals surface area contributed by atoms with E-state index in [0.29, 0.717) is 17.8 Å². The molecule has 1 aromatic rings. The highest BCUT2D eigenvalue weighted by atomic mass is 19.1. The molecule has 2 rings (SSSR count). The quantitative estimate of drug-likeness (QED) is 0.624. The fourth-order valence-corrected chi connectivity index (χ4v) is 1.81. The van der Waals surface area contributed by atoms with Crippen LogP contribution in [0.4, 0.5) is 15.8 Å². The van der Waals surface area contributed by atoms with Gasteiger partial charge in [0.15, 0.2) is 0 Å². The number of aryl methyl sites for hydroxylation is 1. The summed E-state index contributed by atoms with van der Waals surface area (Å²) in [4.78, 5) is 10.2. The standard InChI is InChI=1S/C12H15FN2O3/c1-8-4-10(11(15(17)18)5-9(8)13)14-6-12(7-16)2-3-12/h4-5,14,16H,2-3,6-7H2,1H3. The van der Waals surface area contributed by atoms with E-state index in [4.69, 9.17) is 0 Å². The van der Waals surface area contributed by atoms with Crippen LogP contribution in [0, 0.1) is 28.3 Å². The molecular weight excluding hydrogens is 239 g/mol. The first-order valence-corrected chi connectivity index (χ1v) is 5.77. The molecule has 1 aromatic carbocycles. The van der Waals surface area contributed by atoms with Gasteiger partial charge in [-0.05, 0) is 31.4 Å². The number of halogens is 1. The Morgan fingerprint density at radius 3 is 2.72 bits per heavy atom. The Morgan fingerprint density at radius 2 is 2.22 bits per heavy atom. The third kappa shape index (κ3) is 2.43. The molecule has 0 spiro atoms. The van der Waals surface area contributed by atoms with Gasteiger partial charge in [-0.3, -0.25) is 10.1 Å². The molecule has 1 aliphatic carbocycles. The van der Waals surface area contributed by atoms with Crippen LogP contribution in [0.5, 0.6) is 0 Å². The third-order valence-electron chi connectivity index (χ3n) is 3.42. The van der Waals surface area contributed by atoms with Gasteiger partial charge in [-0.1, -0.05) is 0 Å². The number of aliphatic hydroxyl groups is 1. The highest BCUT2D eigenvalue weighted by molar-refractivity contribution is 5.63. The molecule has 1 fully saturated rings. The molecule has 6 heteroatoms. The van der Waals surface area contributed by atoms with E-state index in [2.05, 4.69) is 5.32 Å². The van der Waals surface area contributed by atoms with Gasteiger partial charge in [-0.2, -0.15) is 0 Å². The molecule has 18 heavy (non-hydrogen) atoms. The average Bonchev–Trinajstić information content (AvgIpc) is 3.10. The number of nitro groups is 1. The van der Waals surface area contributed by atoms with Crippen LogP contribution in [0.2, 0.25) is 0 Å². The van der Waals surface area contributed by atoms with Crippen LogP contribution in [-0.4, -0.2) is 23.2 Å². The minimum Gasteiger partial charge on any atom is -0.396 e. The van der Waals surface area contributed by atoms with Crippen molar-refractivity contribution in [3.05, 3.63) is 33.6 Å². The summed E-state index contributed by atoms with van der Waals surface area (Å²) in [5.74, 6) is -0.587. The van der Waals surface area contributed by atoms with Gasteiger partial charge >= 0.3 is 0 Å². The van der Waals surface area contributed by atoms with Gasteiger partial charge in [0, 0.05) is 12.0 Å². The van der Waals surface area contributed by atoms with Crippen molar-refractivity contribution in [2.75, 3.05) is 18.5 Å². The Bertz CT molecular complexity index is 486. The number of hydrogen-bond donors (Lipinski definition) is 2. The first kappa shape index (κ1) is 12.8. The third-order valence-corrected chi connectivity index (χ3v) is 3.42. The van der Waals surface area contributed by atoms with E-state index < -0.39 is 10.7 Å². The molecule has 5 nitrogen and oxygen atoms in total. The summed E-state index contributed by atoms with van der Waals surface area (Å²) < 4.78 is 13.3. The van der Waals surface area contributed by atoms with Crippen molar-refractivity contribution in [3.8, 4) is 0 Å². The van der Waals surface area contributed by atoms with Crippen LogP contribution >= 0.6 is 0 Å². The van der Waals surface area contributed by atoms with Crippen molar-refractivity contribution in [2.45, 2.75) is 19.8 Å². The Kier molecular flexibility index (Phi) is 3.21. The minimum atomic E-state index is -0.608. The Balaban J connectivity index is 2.20. The highest BCUT2D eigenvalue weighted by Gasteiger charge is 2.42. The summed E-state index contributed by atoms with van der Waals surface area (Å²) in [5, 5.41) is 23.0. The molecular formula is C12H15FN2O3. The largest absolute Gasteiger partial charge is 0.396 e. The van der Waals surface area contributed by atoms with Crippen LogP contribution in [0.15, 0.2) is 12.1 Å². The molecule has 0 atom stereocenters. The SMILES string of the molecule is Cc1cc(NCC2(CO)CC2)c([N+](=O)[O-])cc1F. The number of hydrogen-bond acceptors (Lipinski definition) is 4. The van der Waals surface area contributed by atoms with E-state index in [-0.39, 0.29) is 17.7 Å². The monoisotopic (exact) mass is 254 g/mol. The lowest BCUT2D eigenvalue weighted by Crippen LogP contribution is -2.19. The molecule has 0 amide bonds. The van der Waals surface area contributed by atoms with Crippen molar-refractivity contribution < 1.29 is 14.4 Å². The molecule has 0 aromatic heterocycles. The van der Waals surface area contributed by atoms with Crippen molar-refractivity contribution in [2.24, 2.45) is 5.41 Å². The molecule has 2 N–H and O–H groups in total. The Hall–Kier alpha value is -1.69. The summed E-state index contributed by atoms with van der Waals surface area (Å²) in [6.07, 6.45) is 1.81. The zero-order valence-electron chi connectivity index (χ0n) is 10.1.